The van der Waals surface area contributed by atoms with Crippen LogP contribution in [0.5, 0.6) is 0 Å². The maximum atomic E-state index is 13.8. The molecule has 0 bridgehead atoms. The summed E-state index contributed by atoms with van der Waals surface area (Å²) in [6.07, 6.45) is 3.51. The molecule has 7 heteroatoms. The number of urea groups is 1. The molecule has 1 aromatic carbocycles. The molecule has 0 spiro atoms. The molecular formula is C19H21F2N3O2. The number of nitrogens with one attached hydrogen (secondary N) is 1. The molecule has 3 rings (SSSR count). The number of carbonyl (C=O) groups is 1. The van der Waals surface area contributed by atoms with Crippen molar-refractivity contribution in [2.45, 2.75) is 32.0 Å². The number of hydrogen-bond donors (Lipinski definition) is 1. The summed E-state index contributed by atoms with van der Waals surface area (Å²) in [6.45, 7) is 1.34. The van der Waals surface area contributed by atoms with Gasteiger partial charge in [-0.05, 0) is 31.0 Å². The van der Waals surface area contributed by atoms with Gasteiger partial charge in [-0.2, -0.15) is 0 Å². The molecule has 1 saturated heterocycles. The van der Waals surface area contributed by atoms with Crippen LogP contribution in [-0.4, -0.2) is 35.2 Å². The lowest BCUT2D eigenvalue weighted by Gasteiger charge is -2.25. The third-order valence-corrected chi connectivity index (χ3v) is 4.28. The maximum absolute atomic E-state index is 13.8. The van der Waals surface area contributed by atoms with Crippen molar-refractivity contribution in [2.24, 2.45) is 0 Å². The molecular weight excluding hydrogens is 340 g/mol. The minimum Gasteiger partial charge on any atom is -0.376 e. The van der Waals surface area contributed by atoms with Crippen molar-refractivity contribution < 1.29 is 18.3 Å². The van der Waals surface area contributed by atoms with Crippen LogP contribution >= 0.6 is 0 Å². The molecule has 1 aromatic heterocycles. The molecule has 1 aliphatic heterocycles. The molecule has 1 atom stereocenters. The number of carbonyl (C=O) groups excluding carboxylic acids is 1. The van der Waals surface area contributed by atoms with E-state index in [0.29, 0.717) is 19.7 Å². The first-order valence-corrected chi connectivity index (χ1v) is 8.60. The Morgan fingerprint density at radius 3 is 2.88 bits per heavy atom. The van der Waals surface area contributed by atoms with E-state index in [0.717, 1.165) is 24.6 Å². The van der Waals surface area contributed by atoms with E-state index in [1.54, 1.807) is 17.2 Å². The third kappa shape index (κ3) is 4.76. The van der Waals surface area contributed by atoms with Gasteiger partial charge in [0.15, 0.2) is 11.6 Å². The highest BCUT2D eigenvalue weighted by Crippen LogP contribution is 2.15. The monoisotopic (exact) mass is 361 g/mol. The Hall–Kier alpha value is -2.54. The Labute approximate surface area is 151 Å². The molecule has 2 aromatic rings. The largest absolute Gasteiger partial charge is 0.376 e. The van der Waals surface area contributed by atoms with Crippen molar-refractivity contribution in [3.63, 3.8) is 0 Å². The van der Waals surface area contributed by atoms with Crippen LogP contribution in [0, 0.1) is 11.6 Å². The standard InChI is InChI=1S/C19H21F2N3O2/c20-17-8-3-5-14(18(17)21)11-23-19(25)24(13-16-7-4-10-26-16)12-15-6-1-2-9-22-15/h1-3,5-6,8-9,16H,4,7,10-13H2,(H,23,25)/t16-/m0/s1. The Bertz CT molecular complexity index is 737. The van der Waals surface area contributed by atoms with Crippen LogP contribution in [0.1, 0.15) is 24.1 Å². The molecule has 2 amide bonds. The van der Waals surface area contributed by atoms with Gasteiger partial charge in [-0.3, -0.25) is 4.98 Å². The summed E-state index contributed by atoms with van der Waals surface area (Å²) < 4.78 is 32.7. The molecule has 138 valence electrons. The summed E-state index contributed by atoms with van der Waals surface area (Å²) in [5.74, 6) is -1.87. The highest BCUT2D eigenvalue weighted by atomic mass is 19.2. The molecule has 26 heavy (non-hydrogen) atoms. The first-order chi connectivity index (χ1) is 12.6. The van der Waals surface area contributed by atoms with Gasteiger partial charge in [-0.1, -0.05) is 18.2 Å². The number of amides is 2. The summed E-state index contributed by atoms with van der Waals surface area (Å²) in [7, 11) is 0. The molecule has 1 aliphatic rings. The summed E-state index contributed by atoms with van der Waals surface area (Å²) in [6, 6.07) is 9.04. The third-order valence-electron chi connectivity index (χ3n) is 4.28. The van der Waals surface area contributed by atoms with E-state index >= 15 is 0 Å². The first-order valence-electron chi connectivity index (χ1n) is 8.60. The number of pyridine rings is 1. The first kappa shape index (κ1) is 18.3. The molecule has 1 N–H and O–H groups in total. The number of aromatic nitrogens is 1. The zero-order chi connectivity index (χ0) is 18.4. The summed E-state index contributed by atoms with van der Waals surface area (Å²) in [5.41, 5.74) is 0.853. The van der Waals surface area contributed by atoms with Crippen LogP contribution in [0.2, 0.25) is 0 Å². The second-order valence-electron chi connectivity index (χ2n) is 6.21. The normalized spacial score (nSPS) is 16.5. The lowest BCUT2D eigenvalue weighted by Crippen LogP contribution is -2.43. The summed E-state index contributed by atoms with van der Waals surface area (Å²) in [4.78, 5) is 18.5. The topological polar surface area (TPSA) is 54.5 Å². The predicted octanol–water partition coefficient (Wildman–Crippen LogP) is 3.25. The number of nitrogens with zero attached hydrogens (tertiary/aromatic N) is 2. The smallest absolute Gasteiger partial charge is 0.318 e. The molecule has 0 saturated carbocycles. The van der Waals surface area contributed by atoms with Crippen molar-refractivity contribution in [1.29, 1.82) is 0 Å². The van der Waals surface area contributed by atoms with Crippen molar-refractivity contribution in [2.75, 3.05) is 13.2 Å². The van der Waals surface area contributed by atoms with Gasteiger partial charge in [-0.15, -0.1) is 0 Å². The van der Waals surface area contributed by atoms with Crippen LogP contribution < -0.4 is 5.32 Å². The Morgan fingerprint density at radius 2 is 2.15 bits per heavy atom. The second-order valence-corrected chi connectivity index (χ2v) is 6.21. The minimum atomic E-state index is -0.941. The van der Waals surface area contributed by atoms with E-state index in [1.807, 2.05) is 12.1 Å². The molecule has 2 heterocycles. The van der Waals surface area contributed by atoms with Crippen molar-refractivity contribution in [3.05, 3.63) is 65.5 Å². The number of ether oxygens (including phenoxy) is 1. The van der Waals surface area contributed by atoms with Crippen molar-refractivity contribution in [3.8, 4) is 0 Å². The maximum Gasteiger partial charge on any atom is 0.318 e. The lowest BCUT2D eigenvalue weighted by atomic mass is 10.2. The van der Waals surface area contributed by atoms with Crippen LogP contribution in [0.4, 0.5) is 13.6 Å². The number of rotatable bonds is 6. The van der Waals surface area contributed by atoms with Crippen LogP contribution in [0.25, 0.3) is 0 Å². The molecule has 0 aliphatic carbocycles. The molecule has 0 radical (unpaired) electrons. The molecule has 5 nitrogen and oxygen atoms in total. The van der Waals surface area contributed by atoms with E-state index in [2.05, 4.69) is 10.3 Å². The van der Waals surface area contributed by atoms with Gasteiger partial charge >= 0.3 is 6.03 Å². The van der Waals surface area contributed by atoms with Gasteiger partial charge in [0.2, 0.25) is 0 Å². The van der Waals surface area contributed by atoms with Crippen LogP contribution in [-0.2, 0) is 17.8 Å². The van der Waals surface area contributed by atoms with Gasteiger partial charge < -0.3 is 15.0 Å². The van der Waals surface area contributed by atoms with Gasteiger partial charge in [0, 0.05) is 31.5 Å². The summed E-state index contributed by atoms with van der Waals surface area (Å²) in [5, 5.41) is 2.66. The van der Waals surface area contributed by atoms with E-state index < -0.39 is 11.6 Å². The molecule has 0 unspecified atom stereocenters. The second kappa shape index (κ2) is 8.71. The number of halogens is 2. The SMILES string of the molecule is O=C(NCc1cccc(F)c1F)N(Cc1ccccn1)C[C@@H]1CCCO1. The van der Waals surface area contributed by atoms with E-state index in [9.17, 15) is 13.6 Å². The molecule has 1 fully saturated rings. The van der Waals surface area contributed by atoms with Crippen molar-refractivity contribution >= 4 is 6.03 Å². The Kier molecular flexibility index (Phi) is 6.12. The van der Waals surface area contributed by atoms with E-state index in [1.165, 1.54) is 12.1 Å². The fraction of sp³-hybridized carbons (Fsp3) is 0.368. The Morgan fingerprint density at radius 1 is 1.27 bits per heavy atom. The lowest BCUT2D eigenvalue weighted by molar-refractivity contribution is 0.0791. The summed E-state index contributed by atoms with van der Waals surface area (Å²) >= 11 is 0. The number of hydrogen-bond acceptors (Lipinski definition) is 3. The van der Waals surface area contributed by atoms with Crippen molar-refractivity contribution in [1.82, 2.24) is 15.2 Å². The average molecular weight is 361 g/mol. The highest BCUT2D eigenvalue weighted by Gasteiger charge is 2.23. The van der Waals surface area contributed by atoms with Gasteiger partial charge in [0.1, 0.15) is 0 Å². The zero-order valence-corrected chi connectivity index (χ0v) is 14.3. The average Bonchev–Trinajstić information content (AvgIpc) is 3.16. The fourth-order valence-corrected chi connectivity index (χ4v) is 2.91. The van der Waals surface area contributed by atoms with Gasteiger partial charge in [0.25, 0.3) is 0 Å². The van der Waals surface area contributed by atoms with Gasteiger partial charge in [0.05, 0.1) is 18.3 Å². The quantitative estimate of drug-likeness (QED) is 0.859. The van der Waals surface area contributed by atoms with E-state index in [4.69, 9.17) is 4.74 Å². The van der Waals surface area contributed by atoms with Crippen LogP contribution in [0.15, 0.2) is 42.6 Å². The Balaban J connectivity index is 1.66. The van der Waals surface area contributed by atoms with E-state index in [-0.39, 0.29) is 24.2 Å². The predicted molar refractivity (Wildman–Crippen MR) is 92.2 cm³/mol. The fourth-order valence-electron chi connectivity index (χ4n) is 2.91. The number of benzene rings is 1. The van der Waals surface area contributed by atoms with Crippen LogP contribution in [0.3, 0.4) is 0 Å². The minimum absolute atomic E-state index is 0.0182. The zero-order valence-electron chi connectivity index (χ0n) is 14.3. The van der Waals surface area contributed by atoms with Gasteiger partial charge in [-0.25, -0.2) is 13.6 Å². The highest BCUT2D eigenvalue weighted by molar-refractivity contribution is 5.74.